The molecule has 2 aromatic carbocycles. The van der Waals surface area contributed by atoms with Gasteiger partial charge in [0.05, 0.1) is 20.3 Å². The monoisotopic (exact) mass is 353 g/mol. The molecule has 0 heterocycles. The van der Waals surface area contributed by atoms with Crippen molar-refractivity contribution in [2.24, 2.45) is 0 Å². The van der Waals surface area contributed by atoms with E-state index in [1.54, 1.807) is 33.4 Å². The van der Waals surface area contributed by atoms with Crippen LogP contribution in [0.4, 0.5) is 4.39 Å². The summed E-state index contributed by atoms with van der Waals surface area (Å²) in [5, 5.41) is 3.13. The molecule has 0 bridgehead atoms. The van der Waals surface area contributed by atoms with E-state index in [2.05, 4.69) is 21.2 Å². The van der Waals surface area contributed by atoms with Crippen molar-refractivity contribution in [2.45, 2.75) is 6.04 Å². The van der Waals surface area contributed by atoms with Crippen molar-refractivity contribution in [3.8, 4) is 11.5 Å². The highest BCUT2D eigenvalue weighted by Gasteiger charge is 2.18. The lowest BCUT2D eigenvalue weighted by Gasteiger charge is -2.19. The summed E-state index contributed by atoms with van der Waals surface area (Å²) in [6.45, 7) is 0. The Morgan fingerprint density at radius 2 is 1.76 bits per heavy atom. The van der Waals surface area contributed by atoms with Gasteiger partial charge in [-0.1, -0.05) is 22.0 Å². The minimum absolute atomic E-state index is 0.257. The lowest BCUT2D eigenvalue weighted by atomic mass is 9.98. The molecule has 1 unspecified atom stereocenters. The summed E-state index contributed by atoms with van der Waals surface area (Å²) in [4.78, 5) is 0. The zero-order valence-corrected chi connectivity index (χ0v) is 13.7. The molecular formula is C16H17BrFNO2. The summed E-state index contributed by atoms with van der Waals surface area (Å²) < 4.78 is 25.5. The van der Waals surface area contributed by atoms with Gasteiger partial charge in [-0.2, -0.15) is 0 Å². The van der Waals surface area contributed by atoms with Gasteiger partial charge in [0.2, 0.25) is 0 Å². The highest BCUT2D eigenvalue weighted by atomic mass is 79.9. The van der Waals surface area contributed by atoms with E-state index >= 15 is 0 Å². The summed E-state index contributed by atoms with van der Waals surface area (Å²) >= 11 is 3.38. The van der Waals surface area contributed by atoms with Gasteiger partial charge in [-0.3, -0.25) is 0 Å². The van der Waals surface area contributed by atoms with E-state index in [0.29, 0.717) is 17.1 Å². The van der Waals surface area contributed by atoms with Crippen molar-refractivity contribution in [1.29, 1.82) is 0 Å². The van der Waals surface area contributed by atoms with Gasteiger partial charge in [0.15, 0.2) is 11.5 Å². The number of nitrogens with one attached hydrogen (secondary N) is 1. The molecule has 0 fully saturated rings. The Balaban J connectivity index is 2.48. The molecule has 3 nitrogen and oxygen atoms in total. The molecule has 0 saturated heterocycles. The number of methoxy groups -OCH3 is 2. The Bertz CT molecular complexity index is 634. The van der Waals surface area contributed by atoms with Crippen LogP contribution in [0, 0.1) is 5.82 Å². The molecule has 2 aromatic rings. The second kappa shape index (κ2) is 6.91. The molecule has 0 spiro atoms. The van der Waals surface area contributed by atoms with Gasteiger partial charge < -0.3 is 14.8 Å². The lowest BCUT2D eigenvalue weighted by Crippen LogP contribution is -2.19. The van der Waals surface area contributed by atoms with E-state index < -0.39 is 0 Å². The number of ether oxygens (including phenoxy) is 2. The molecule has 0 aliphatic carbocycles. The Labute approximate surface area is 132 Å². The Kier molecular flexibility index (Phi) is 5.20. The highest BCUT2D eigenvalue weighted by Crippen LogP contribution is 2.33. The molecule has 112 valence electrons. The zero-order valence-electron chi connectivity index (χ0n) is 12.1. The smallest absolute Gasteiger partial charge is 0.161 e. The fraction of sp³-hybridized carbons (Fsp3) is 0.250. The number of hydrogen-bond acceptors (Lipinski definition) is 3. The van der Waals surface area contributed by atoms with E-state index in [1.165, 1.54) is 6.07 Å². The van der Waals surface area contributed by atoms with Crippen molar-refractivity contribution in [2.75, 3.05) is 21.3 Å². The van der Waals surface area contributed by atoms with Gasteiger partial charge >= 0.3 is 0 Å². The maximum atomic E-state index is 14.1. The largest absolute Gasteiger partial charge is 0.493 e. The van der Waals surface area contributed by atoms with Gasteiger partial charge in [0.1, 0.15) is 5.82 Å². The number of halogens is 2. The Hall–Kier alpha value is -1.59. The number of rotatable bonds is 5. The fourth-order valence-corrected chi connectivity index (χ4v) is 2.65. The molecule has 0 amide bonds. The van der Waals surface area contributed by atoms with Crippen LogP contribution >= 0.6 is 15.9 Å². The summed E-state index contributed by atoms with van der Waals surface area (Å²) in [5.74, 6) is 1.00. The van der Waals surface area contributed by atoms with Crippen LogP contribution in [0.2, 0.25) is 0 Å². The second-order valence-electron chi connectivity index (χ2n) is 4.50. The molecule has 0 radical (unpaired) electrons. The van der Waals surface area contributed by atoms with Crippen LogP contribution in [-0.2, 0) is 0 Å². The maximum Gasteiger partial charge on any atom is 0.161 e. The van der Waals surface area contributed by atoms with Crippen LogP contribution < -0.4 is 14.8 Å². The minimum atomic E-state index is -0.276. The highest BCUT2D eigenvalue weighted by molar-refractivity contribution is 9.10. The maximum absolute atomic E-state index is 14.1. The third-order valence-electron chi connectivity index (χ3n) is 3.30. The van der Waals surface area contributed by atoms with E-state index in [1.807, 2.05) is 18.2 Å². The van der Waals surface area contributed by atoms with E-state index in [0.717, 1.165) is 10.0 Å². The predicted molar refractivity (Wildman–Crippen MR) is 84.5 cm³/mol. The minimum Gasteiger partial charge on any atom is -0.493 e. The average Bonchev–Trinajstić information content (AvgIpc) is 2.51. The third-order valence-corrected chi connectivity index (χ3v) is 3.79. The first-order chi connectivity index (χ1) is 10.1. The molecule has 1 N–H and O–H groups in total. The van der Waals surface area contributed by atoms with Crippen LogP contribution in [0.3, 0.4) is 0 Å². The second-order valence-corrected chi connectivity index (χ2v) is 5.42. The first-order valence-corrected chi connectivity index (χ1v) is 7.24. The van der Waals surface area contributed by atoms with Gasteiger partial charge in [-0.15, -0.1) is 0 Å². The van der Waals surface area contributed by atoms with Crippen LogP contribution in [0.1, 0.15) is 17.2 Å². The first kappa shape index (κ1) is 15.8. The standard InChI is InChI=1S/C16H17BrFNO2/c1-19-16(12-9-11(17)5-6-13(12)18)10-4-7-14(20-2)15(8-10)21-3/h4-9,16,19H,1-3H3. The van der Waals surface area contributed by atoms with Crippen LogP contribution in [0.5, 0.6) is 11.5 Å². The molecule has 0 aliphatic heterocycles. The van der Waals surface area contributed by atoms with Crippen molar-refractivity contribution in [3.05, 3.63) is 57.8 Å². The summed E-state index contributed by atoms with van der Waals surface area (Å²) in [5.41, 5.74) is 1.46. The SMILES string of the molecule is CNC(c1ccc(OC)c(OC)c1)c1cc(Br)ccc1F. The molecule has 1 atom stereocenters. The van der Waals surface area contributed by atoms with Crippen molar-refractivity contribution in [1.82, 2.24) is 5.32 Å². The molecule has 0 aromatic heterocycles. The summed E-state index contributed by atoms with van der Waals surface area (Å²) in [6.07, 6.45) is 0. The third kappa shape index (κ3) is 3.36. The first-order valence-electron chi connectivity index (χ1n) is 6.44. The number of benzene rings is 2. The summed E-state index contributed by atoms with van der Waals surface area (Å²) in [7, 11) is 4.96. The van der Waals surface area contributed by atoms with Crippen molar-refractivity contribution < 1.29 is 13.9 Å². The molecule has 0 aliphatic rings. The Morgan fingerprint density at radius 1 is 1.05 bits per heavy atom. The fourth-order valence-electron chi connectivity index (χ4n) is 2.27. The predicted octanol–water partition coefficient (Wildman–Crippen LogP) is 3.91. The van der Waals surface area contributed by atoms with E-state index in [-0.39, 0.29) is 11.9 Å². The Morgan fingerprint density at radius 3 is 2.38 bits per heavy atom. The molecule has 2 rings (SSSR count). The average molecular weight is 354 g/mol. The molecule has 5 heteroatoms. The van der Waals surface area contributed by atoms with Gasteiger partial charge in [0.25, 0.3) is 0 Å². The van der Waals surface area contributed by atoms with Crippen molar-refractivity contribution in [3.63, 3.8) is 0 Å². The molecular weight excluding hydrogens is 337 g/mol. The van der Waals surface area contributed by atoms with E-state index in [4.69, 9.17) is 9.47 Å². The zero-order chi connectivity index (χ0) is 15.4. The van der Waals surface area contributed by atoms with Gasteiger partial charge in [-0.05, 0) is 42.9 Å². The van der Waals surface area contributed by atoms with E-state index in [9.17, 15) is 4.39 Å². The number of hydrogen-bond donors (Lipinski definition) is 1. The van der Waals surface area contributed by atoms with Gasteiger partial charge in [0, 0.05) is 10.0 Å². The van der Waals surface area contributed by atoms with Crippen LogP contribution in [-0.4, -0.2) is 21.3 Å². The topological polar surface area (TPSA) is 30.5 Å². The van der Waals surface area contributed by atoms with Crippen LogP contribution in [0.25, 0.3) is 0 Å². The molecule has 0 saturated carbocycles. The lowest BCUT2D eigenvalue weighted by molar-refractivity contribution is 0.354. The van der Waals surface area contributed by atoms with Crippen molar-refractivity contribution >= 4 is 15.9 Å². The molecule has 21 heavy (non-hydrogen) atoms. The van der Waals surface area contributed by atoms with Gasteiger partial charge in [-0.25, -0.2) is 4.39 Å². The normalized spacial score (nSPS) is 12.0. The summed E-state index contributed by atoms with van der Waals surface area (Å²) in [6, 6.07) is 10.2. The quantitative estimate of drug-likeness (QED) is 0.883. The van der Waals surface area contributed by atoms with Crippen LogP contribution in [0.15, 0.2) is 40.9 Å².